The van der Waals surface area contributed by atoms with E-state index in [1.165, 1.54) is 0 Å². The zero-order valence-corrected chi connectivity index (χ0v) is 13.1. The van der Waals surface area contributed by atoms with Gasteiger partial charge in [0.15, 0.2) is 0 Å². The number of aliphatic carboxylic acids is 1. The number of hydrogen-bond donors (Lipinski definition) is 2. The van der Waals surface area contributed by atoms with E-state index in [0.717, 1.165) is 11.3 Å². The number of sulfonamides is 1. The predicted octanol–water partition coefficient (Wildman–Crippen LogP) is 0.769. The normalized spacial score (nSPS) is 15.2. The van der Waals surface area contributed by atoms with E-state index >= 15 is 0 Å². The minimum absolute atomic E-state index is 0.116. The number of hydrogen-bond acceptors (Lipinski definition) is 6. The van der Waals surface area contributed by atoms with E-state index in [-0.39, 0.29) is 9.77 Å². The molecule has 2 N–H and O–H groups in total. The molecule has 23 heavy (non-hydrogen) atoms. The maximum Gasteiger partial charge on any atom is 0.338 e. The molecule has 1 aliphatic rings. The molecule has 0 radical (unpaired) electrons. The molecule has 8 nitrogen and oxygen atoms in total. The van der Waals surface area contributed by atoms with E-state index in [1.807, 2.05) is 5.32 Å². The summed E-state index contributed by atoms with van der Waals surface area (Å²) in [6.45, 7) is -0.609. The number of thiophene rings is 1. The second-order valence-corrected chi connectivity index (χ2v) is 7.91. The number of carbonyl (C=O) groups is 3. The fourth-order valence-electron chi connectivity index (χ4n) is 2.32. The highest BCUT2D eigenvalue weighted by Crippen LogP contribution is 2.37. The Morgan fingerprint density at radius 2 is 2.00 bits per heavy atom. The van der Waals surface area contributed by atoms with Crippen molar-refractivity contribution in [3.05, 3.63) is 29.8 Å². The largest absolute Gasteiger partial charge is 0.481 e. The third-order valence-electron chi connectivity index (χ3n) is 3.27. The van der Waals surface area contributed by atoms with E-state index in [1.54, 1.807) is 24.3 Å². The molecule has 3 amide bonds. The molecular formula is C13H10N2O6S2. The van der Waals surface area contributed by atoms with Crippen LogP contribution >= 0.6 is 11.3 Å². The van der Waals surface area contributed by atoms with Crippen molar-refractivity contribution in [3.8, 4) is 0 Å². The summed E-state index contributed by atoms with van der Waals surface area (Å²) in [5, 5.41) is 11.5. The quantitative estimate of drug-likeness (QED) is 0.782. The van der Waals surface area contributed by atoms with Crippen molar-refractivity contribution in [3.63, 3.8) is 0 Å². The molecule has 0 spiro atoms. The van der Waals surface area contributed by atoms with Crippen LogP contribution in [0.4, 0.5) is 4.79 Å². The van der Waals surface area contributed by atoms with Crippen LogP contribution in [0.25, 0.3) is 10.1 Å². The van der Waals surface area contributed by atoms with E-state index in [2.05, 4.69) is 0 Å². The lowest BCUT2D eigenvalue weighted by molar-refractivity contribution is -0.136. The molecule has 0 bridgehead atoms. The summed E-state index contributed by atoms with van der Waals surface area (Å²) in [6.07, 6.45) is -0.498. The van der Waals surface area contributed by atoms with Crippen LogP contribution in [0.5, 0.6) is 0 Å². The summed E-state index contributed by atoms with van der Waals surface area (Å²) in [6, 6.07) is 5.63. The minimum atomic E-state index is -4.30. The van der Waals surface area contributed by atoms with Gasteiger partial charge in [0.05, 0.1) is 6.42 Å². The molecule has 2 heterocycles. The number of carbonyl (C=O) groups excluding carboxylic acids is 2. The van der Waals surface area contributed by atoms with E-state index in [9.17, 15) is 22.8 Å². The van der Waals surface area contributed by atoms with Gasteiger partial charge in [-0.25, -0.2) is 17.5 Å². The summed E-state index contributed by atoms with van der Waals surface area (Å²) in [5.41, 5.74) is 0.116. The van der Waals surface area contributed by atoms with Crippen LogP contribution in [0, 0.1) is 0 Å². The van der Waals surface area contributed by atoms with Gasteiger partial charge in [-0.2, -0.15) is 0 Å². The molecule has 0 unspecified atom stereocenters. The fraction of sp³-hybridized carbons (Fsp3) is 0.154. The van der Waals surface area contributed by atoms with Gasteiger partial charge in [-0.1, -0.05) is 18.2 Å². The Balaban J connectivity index is 2.20. The number of carboxylic acids is 1. The first-order chi connectivity index (χ1) is 10.8. The number of rotatable bonds is 4. The van der Waals surface area contributed by atoms with Gasteiger partial charge in [-0.3, -0.25) is 14.9 Å². The Bertz CT molecular complexity index is 947. The van der Waals surface area contributed by atoms with E-state index < -0.39 is 40.9 Å². The Labute approximate surface area is 134 Å². The lowest BCUT2D eigenvalue weighted by atomic mass is 10.1. The summed E-state index contributed by atoms with van der Waals surface area (Å²) >= 11 is 0.879. The average molecular weight is 354 g/mol. The van der Waals surface area contributed by atoms with E-state index in [4.69, 9.17) is 5.11 Å². The zero-order chi connectivity index (χ0) is 16.8. The van der Waals surface area contributed by atoms with Gasteiger partial charge in [0.1, 0.15) is 10.8 Å². The van der Waals surface area contributed by atoms with Crippen molar-refractivity contribution in [1.29, 1.82) is 0 Å². The SMILES string of the molecule is O=C(O)Cc1c(S(=O)(=O)N2CC(=O)NC2=O)sc2ccccc12. The first-order valence-electron chi connectivity index (χ1n) is 6.39. The third-order valence-corrected chi connectivity index (χ3v) is 6.75. The first-order valence-corrected chi connectivity index (χ1v) is 8.65. The van der Waals surface area contributed by atoms with Gasteiger partial charge in [0.2, 0.25) is 5.91 Å². The first kappa shape index (κ1) is 15.4. The molecule has 0 aliphatic carbocycles. The number of urea groups is 1. The van der Waals surface area contributed by atoms with Crippen molar-refractivity contribution in [2.24, 2.45) is 0 Å². The van der Waals surface area contributed by atoms with Gasteiger partial charge in [-0.05, 0) is 11.5 Å². The van der Waals surface area contributed by atoms with Gasteiger partial charge >= 0.3 is 12.0 Å². The number of nitrogens with one attached hydrogen (secondary N) is 1. The average Bonchev–Trinajstić information content (AvgIpc) is 3.00. The highest BCUT2D eigenvalue weighted by atomic mass is 32.2. The van der Waals surface area contributed by atoms with Crippen molar-refractivity contribution in [2.45, 2.75) is 10.6 Å². The molecule has 10 heteroatoms. The van der Waals surface area contributed by atoms with Gasteiger partial charge in [-0.15, -0.1) is 11.3 Å². The predicted molar refractivity (Wildman–Crippen MR) is 80.6 cm³/mol. The highest BCUT2D eigenvalue weighted by molar-refractivity contribution is 7.92. The number of benzene rings is 1. The fourth-order valence-corrected chi connectivity index (χ4v) is 5.48. The lowest BCUT2D eigenvalue weighted by Crippen LogP contribution is -2.34. The molecule has 1 aliphatic heterocycles. The molecular weight excluding hydrogens is 344 g/mol. The molecule has 0 atom stereocenters. The van der Waals surface area contributed by atoms with E-state index in [0.29, 0.717) is 14.4 Å². The maximum absolute atomic E-state index is 12.7. The van der Waals surface area contributed by atoms with Crippen LogP contribution in [0.2, 0.25) is 0 Å². The zero-order valence-electron chi connectivity index (χ0n) is 11.5. The molecule has 2 aromatic rings. The van der Waals surface area contributed by atoms with Crippen molar-refractivity contribution in [1.82, 2.24) is 9.62 Å². The summed E-state index contributed by atoms with van der Waals surface area (Å²) in [4.78, 5) is 34.0. The molecule has 1 fully saturated rings. The van der Waals surface area contributed by atoms with Crippen LogP contribution in [-0.4, -0.2) is 42.3 Å². The molecule has 1 aromatic carbocycles. The Morgan fingerprint density at radius 1 is 1.30 bits per heavy atom. The second kappa shape index (κ2) is 5.32. The van der Waals surface area contributed by atoms with Crippen LogP contribution in [-0.2, 0) is 26.0 Å². The standard InChI is InChI=1S/C13H10N2O6S2/c16-10-6-15(13(19)14-10)23(20,21)12-8(5-11(17)18)7-3-1-2-4-9(7)22-12/h1-4H,5-6H2,(H,17,18)(H,14,16,19). The molecule has 0 saturated carbocycles. The lowest BCUT2D eigenvalue weighted by Gasteiger charge is -2.13. The summed E-state index contributed by atoms with van der Waals surface area (Å²) in [7, 11) is -4.30. The van der Waals surface area contributed by atoms with Gasteiger partial charge in [0.25, 0.3) is 10.0 Å². The Hall–Kier alpha value is -2.46. The minimum Gasteiger partial charge on any atom is -0.481 e. The van der Waals surface area contributed by atoms with Crippen LogP contribution < -0.4 is 5.32 Å². The topological polar surface area (TPSA) is 121 Å². The van der Waals surface area contributed by atoms with Gasteiger partial charge in [0, 0.05) is 10.3 Å². The number of amides is 3. The maximum atomic E-state index is 12.7. The molecule has 3 rings (SSSR count). The van der Waals surface area contributed by atoms with Crippen LogP contribution in [0.1, 0.15) is 5.56 Å². The monoisotopic (exact) mass is 354 g/mol. The smallest absolute Gasteiger partial charge is 0.338 e. The molecule has 1 aromatic heterocycles. The number of nitrogens with zero attached hydrogens (tertiary/aromatic N) is 1. The molecule has 1 saturated heterocycles. The summed E-state index contributed by atoms with van der Waals surface area (Å²) in [5.74, 6) is -1.91. The van der Waals surface area contributed by atoms with Crippen molar-refractivity contribution >= 4 is 49.4 Å². The number of fused-ring (bicyclic) bond motifs is 1. The van der Waals surface area contributed by atoms with Crippen LogP contribution in [0.15, 0.2) is 28.5 Å². The second-order valence-electron chi connectivity index (χ2n) is 4.80. The number of imide groups is 1. The Kier molecular flexibility index (Phi) is 3.57. The van der Waals surface area contributed by atoms with Crippen molar-refractivity contribution < 1.29 is 27.9 Å². The highest BCUT2D eigenvalue weighted by Gasteiger charge is 2.40. The van der Waals surface area contributed by atoms with Crippen LogP contribution in [0.3, 0.4) is 0 Å². The number of carboxylic acid groups (broad SMARTS) is 1. The van der Waals surface area contributed by atoms with Gasteiger partial charge < -0.3 is 5.11 Å². The third kappa shape index (κ3) is 2.55. The molecule has 120 valence electrons. The van der Waals surface area contributed by atoms with Crippen molar-refractivity contribution in [2.75, 3.05) is 6.54 Å². The summed E-state index contributed by atoms with van der Waals surface area (Å²) < 4.78 is 26.2. The Morgan fingerprint density at radius 3 is 2.61 bits per heavy atom.